The van der Waals surface area contributed by atoms with Gasteiger partial charge in [0, 0.05) is 38.4 Å². The molecule has 1 fully saturated rings. The molecule has 1 aliphatic heterocycles. The van der Waals surface area contributed by atoms with E-state index in [-0.39, 0.29) is 5.56 Å². The van der Waals surface area contributed by atoms with E-state index in [1.807, 2.05) is 28.8 Å². The van der Waals surface area contributed by atoms with E-state index in [2.05, 4.69) is 46.0 Å². The van der Waals surface area contributed by atoms with Crippen molar-refractivity contribution in [3.8, 4) is 0 Å². The van der Waals surface area contributed by atoms with Crippen LogP contribution < -0.4 is 10.5 Å². The number of aryl methyl sites for hydroxylation is 3. The molecule has 0 saturated carbocycles. The molecular weight excluding hydrogens is 348 g/mol. The van der Waals surface area contributed by atoms with Gasteiger partial charge in [0.05, 0.1) is 11.0 Å². The third-order valence-corrected chi connectivity index (χ3v) is 5.70. The van der Waals surface area contributed by atoms with E-state index in [0.29, 0.717) is 5.69 Å². The van der Waals surface area contributed by atoms with E-state index in [1.165, 1.54) is 11.3 Å². The van der Waals surface area contributed by atoms with Crippen molar-refractivity contribution >= 4 is 16.7 Å². The highest BCUT2D eigenvalue weighted by Crippen LogP contribution is 2.20. The van der Waals surface area contributed by atoms with Gasteiger partial charge in [0.25, 0.3) is 5.56 Å². The fourth-order valence-electron chi connectivity index (χ4n) is 4.13. The van der Waals surface area contributed by atoms with Gasteiger partial charge in [-0.1, -0.05) is 30.3 Å². The Kier molecular flexibility index (Phi) is 5.44. The number of piperazine rings is 1. The minimum Gasteiger partial charge on any atom is -0.369 e. The van der Waals surface area contributed by atoms with Gasteiger partial charge in [0.15, 0.2) is 0 Å². The van der Waals surface area contributed by atoms with Crippen molar-refractivity contribution in [1.29, 1.82) is 0 Å². The second kappa shape index (κ2) is 8.15. The van der Waals surface area contributed by atoms with Crippen LogP contribution in [0, 0.1) is 13.8 Å². The summed E-state index contributed by atoms with van der Waals surface area (Å²) in [4.78, 5) is 22.0. The van der Waals surface area contributed by atoms with Gasteiger partial charge in [-0.15, -0.1) is 0 Å². The van der Waals surface area contributed by atoms with Crippen LogP contribution in [0.4, 0.5) is 5.69 Å². The van der Waals surface area contributed by atoms with Crippen LogP contribution in [0.25, 0.3) is 11.0 Å². The molecular formula is C23H28N4O. The average molecular weight is 377 g/mol. The Balaban J connectivity index is 1.36. The highest BCUT2D eigenvalue weighted by Gasteiger charge is 2.18. The van der Waals surface area contributed by atoms with Crippen molar-refractivity contribution in [3.05, 3.63) is 70.1 Å². The number of hydrogen-bond acceptors (Lipinski definition) is 4. The lowest BCUT2D eigenvalue weighted by Crippen LogP contribution is -2.47. The Labute approximate surface area is 166 Å². The first-order valence-electron chi connectivity index (χ1n) is 10.1. The van der Waals surface area contributed by atoms with E-state index in [0.717, 1.165) is 56.7 Å². The van der Waals surface area contributed by atoms with Gasteiger partial charge in [-0.25, -0.2) is 4.98 Å². The fraction of sp³-hybridized carbons (Fsp3) is 0.391. The van der Waals surface area contributed by atoms with Crippen molar-refractivity contribution in [2.45, 2.75) is 26.8 Å². The van der Waals surface area contributed by atoms with Crippen molar-refractivity contribution in [3.63, 3.8) is 0 Å². The average Bonchev–Trinajstić information content (AvgIpc) is 2.72. The third-order valence-electron chi connectivity index (χ3n) is 5.70. The molecule has 2 heterocycles. The molecule has 0 radical (unpaired) electrons. The highest BCUT2D eigenvalue weighted by molar-refractivity contribution is 5.74. The molecule has 4 rings (SSSR count). The van der Waals surface area contributed by atoms with Gasteiger partial charge in [0.2, 0.25) is 0 Å². The summed E-state index contributed by atoms with van der Waals surface area (Å²) < 4.78 is 1.89. The standard InChI is InChI=1S/C23H28N4O/c1-18-8-3-5-10-21(18)26-16-14-25(15-17-26)12-7-13-27-22-11-6-4-9-20(22)24-19(2)23(27)28/h3-6,8-11H,7,12-17H2,1-2H3. The lowest BCUT2D eigenvalue weighted by molar-refractivity contribution is 0.250. The summed E-state index contributed by atoms with van der Waals surface area (Å²) in [7, 11) is 0. The summed E-state index contributed by atoms with van der Waals surface area (Å²) in [6, 6.07) is 16.5. The Bertz CT molecular complexity index is 1020. The number of benzene rings is 2. The Morgan fingerprint density at radius 2 is 1.61 bits per heavy atom. The Morgan fingerprint density at radius 3 is 2.39 bits per heavy atom. The first kappa shape index (κ1) is 18.7. The van der Waals surface area contributed by atoms with Gasteiger partial charge in [0.1, 0.15) is 5.69 Å². The molecule has 146 valence electrons. The van der Waals surface area contributed by atoms with Crippen LogP contribution in [0.3, 0.4) is 0 Å². The second-order valence-corrected chi connectivity index (χ2v) is 7.61. The summed E-state index contributed by atoms with van der Waals surface area (Å²) in [5.41, 5.74) is 5.13. The molecule has 0 N–H and O–H groups in total. The molecule has 1 aliphatic rings. The molecule has 0 unspecified atom stereocenters. The van der Waals surface area contributed by atoms with E-state index >= 15 is 0 Å². The molecule has 2 aromatic carbocycles. The lowest BCUT2D eigenvalue weighted by Gasteiger charge is -2.36. The first-order valence-corrected chi connectivity index (χ1v) is 10.1. The van der Waals surface area contributed by atoms with Crippen molar-refractivity contribution in [1.82, 2.24) is 14.5 Å². The molecule has 0 amide bonds. The van der Waals surface area contributed by atoms with E-state index < -0.39 is 0 Å². The minimum absolute atomic E-state index is 0.0306. The van der Waals surface area contributed by atoms with Gasteiger partial charge < -0.3 is 9.47 Å². The van der Waals surface area contributed by atoms with Crippen LogP contribution in [-0.4, -0.2) is 47.2 Å². The molecule has 0 aliphatic carbocycles. The zero-order valence-electron chi connectivity index (χ0n) is 16.8. The maximum absolute atomic E-state index is 12.6. The summed E-state index contributed by atoms with van der Waals surface area (Å²) in [6.07, 6.45) is 0.970. The van der Waals surface area contributed by atoms with E-state index in [4.69, 9.17) is 0 Å². The summed E-state index contributed by atoms with van der Waals surface area (Å²) in [5.74, 6) is 0. The molecule has 5 nitrogen and oxygen atoms in total. The summed E-state index contributed by atoms with van der Waals surface area (Å²) in [6.45, 7) is 9.99. The van der Waals surface area contributed by atoms with Crippen LogP contribution >= 0.6 is 0 Å². The number of nitrogens with zero attached hydrogens (tertiary/aromatic N) is 4. The fourth-order valence-corrected chi connectivity index (χ4v) is 4.13. The van der Waals surface area contributed by atoms with E-state index in [9.17, 15) is 4.79 Å². The van der Waals surface area contributed by atoms with Gasteiger partial charge in [-0.05, 0) is 50.6 Å². The number of anilines is 1. The van der Waals surface area contributed by atoms with Gasteiger partial charge in [-0.2, -0.15) is 0 Å². The molecule has 0 atom stereocenters. The first-order chi connectivity index (χ1) is 13.6. The molecule has 0 bridgehead atoms. The van der Waals surface area contributed by atoms with Gasteiger partial charge in [-0.3, -0.25) is 9.69 Å². The van der Waals surface area contributed by atoms with E-state index in [1.54, 1.807) is 6.92 Å². The molecule has 28 heavy (non-hydrogen) atoms. The maximum atomic E-state index is 12.6. The van der Waals surface area contributed by atoms with Crippen LogP contribution in [0.1, 0.15) is 17.7 Å². The monoisotopic (exact) mass is 376 g/mol. The number of fused-ring (bicyclic) bond motifs is 1. The normalized spacial score (nSPS) is 15.3. The maximum Gasteiger partial charge on any atom is 0.272 e. The zero-order chi connectivity index (χ0) is 19.5. The Hall–Kier alpha value is -2.66. The van der Waals surface area contributed by atoms with Crippen LogP contribution in [0.2, 0.25) is 0 Å². The second-order valence-electron chi connectivity index (χ2n) is 7.61. The molecule has 0 spiro atoms. The zero-order valence-corrected chi connectivity index (χ0v) is 16.8. The molecule has 1 saturated heterocycles. The quantitative estimate of drug-likeness (QED) is 0.686. The van der Waals surface area contributed by atoms with Crippen molar-refractivity contribution in [2.75, 3.05) is 37.6 Å². The number of aromatic nitrogens is 2. The molecule has 3 aromatic rings. The molecule has 1 aromatic heterocycles. The Morgan fingerprint density at radius 1 is 0.893 bits per heavy atom. The minimum atomic E-state index is 0.0306. The van der Waals surface area contributed by atoms with Crippen LogP contribution in [-0.2, 0) is 6.54 Å². The largest absolute Gasteiger partial charge is 0.369 e. The number of rotatable bonds is 5. The topological polar surface area (TPSA) is 41.4 Å². The molecule has 5 heteroatoms. The van der Waals surface area contributed by atoms with Crippen LogP contribution in [0.5, 0.6) is 0 Å². The van der Waals surface area contributed by atoms with Crippen molar-refractivity contribution in [2.24, 2.45) is 0 Å². The van der Waals surface area contributed by atoms with Crippen LogP contribution in [0.15, 0.2) is 53.3 Å². The SMILES string of the molecule is Cc1ccccc1N1CCN(CCCn2c(=O)c(C)nc3ccccc32)CC1. The van der Waals surface area contributed by atoms with Gasteiger partial charge >= 0.3 is 0 Å². The lowest BCUT2D eigenvalue weighted by atomic mass is 10.1. The summed E-state index contributed by atoms with van der Waals surface area (Å²) in [5, 5.41) is 0. The predicted octanol–water partition coefficient (Wildman–Crippen LogP) is 3.23. The highest BCUT2D eigenvalue weighted by atomic mass is 16.1. The summed E-state index contributed by atoms with van der Waals surface area (Å²) >= 11 is 0. The number of para-hydroxylation sites is 3. The van der Waals surface area contributed by atoms with Crippen molar-refractivity contribution < 1.29 is 0 Å². The number of hydrogen-bond donors (Lipinski definition) is 0. The third kappa shape index (κ3) is 3.80. The predicted molar refractivity (Wildman–Crippen MR) is 115 cm³/mol. The smallest absolute Gasteiger partial charge is 0.272 e.